The van der Waals surface area contributed by atoms with Crippen LogP contribution in [0.3, 0.4) is 0 Å². The Morgan fingerprint density at radius 3 is 3.05 bits per heavy atom. The van der Waals surface area contributed by atoms with Gasteiger partial charge in [-0.25, -0.2) is 0 Å². The molecule has 0 amide bonds. The van der Waals surface area contributed by atoms with Gasteiger partial charge in [0.2, 0.25) is 5.82 Å². The van der Waals surface area contributed by atoms with Gasteiger partial charge in [-0.1, -0.05) is 5.16 Å². The predicted molar refractivity (Wildman–Crippen MR) is 78.0 cm³/mol. The number of aromatic nitrogens is 2. The number of nitrogen functional groups attached to an aromatic ring is 1. The summed E-state index contributed by atoms with van der Waals surface area (Å²) in [6.45, 7) is 2.36. The van der Waals surface area contributed by atoms with E-state index in [-0.39, 0.29) is 6.10 Å². The first kappa shape index (κ1) is 13.5. The lowest BCUT2D eigenvalue weighted by Crippen LogP contribution is -2.35. The summed E-state index contributed by atoms with van der Waals surface area (Å²) in [5.74, 6) is 1.03. The topological polar surface area (TPSA) is 77.4 Å². The molecule has 1 saturated heterocycles. The number of nitrogens with zero attached hydrogens (tertiary/aromatic N) is 3. The first-order valence-electron chi connectivity index (χ1n) is 6.32. The Balaban J connectivity index is 1.84. The average Bonchev–Trinajstić information content (AvgIpc) is 2.92. The van der Waals surface area contributed by atoms with Crippen LogP contribution in [0.5, 0.6) is 0 Å². The summed E-state index contributed by atoms with van der Waals surface area (Å²) in [4.78, 5) is 6.59. The van der Waals surface area contributed by atoms with E-state index < -0.39 is 0 Å². The van der Waals surface area contributed by atoms with Crippen LogP contribution in [-0.4, -0.2) is 41.8 Å². The fourth-order valence-electron chi connectivity index (χ4n) is 2.09. The highest BCUT2D eigenvalue weighted by molar-refractivity contribution is 9.10. The molecule has 3 rings (SSSR count). The summed E-state index contributed by atoms with van der Waals surface area (Å²) < 4.78 is 11.8. The number of likely N-dealkylation sites (N-methyl/N-ethyl adjacent to an activating group) is 1. The van der Waals surface area contributed by atoms with Crippen LogP contribution in [0.15, 0.2) is 27.2 Å². The van der Waals surface area contributed by atoms with Crippen LogP contribution in [0.25, 0.3) is 11.5 Å². The molecule has 1 aliphatic rings. The standard InChI is InChI=1S/C13H15BrN4O2/c1-18-4-5-19-11(7-18)12-16-13(20-17-12)8-2-3-9(14)10(15)6-8/h2-3,6,11H,4-5,7,15H2,1H3. The fourth-order valence-corrected chi connectivity index (χ4v) is 2.34. The number of halogens is 1. The minimum absolute atomic E-state index is 0.140. The zero-order chi connectivity index (χ0) is 14.1. The van der Waals surface area contributed by atoms with Crippen molar-refractivity contribution in [1.29, 1.82) is 0 Å². The van der Waals surface area contributed by atoms with E-state index in [0.717, 1.165) is 23.1 Å². The van der Waals surface area contributed by atoms with E-state index in [1.807, 2.05) is 19.2 Å². The summed E-state index contributed by atoms with van der Waals surface area (Å²) in [5, 5.41) is 4.01. The average molecular weight is 339 g/mol. The van der Waals surface area contributed by atoms with E-state index in [4.69, 9.17) is 15.0 Å². The molecule has 2 heterocycles. The van der Waals surface area contributed by atoms with E-state index in [1.54, 1.807) is 6.07 Å². The SMILES string of the molecule is CN1CCOC(c2noc(-c3ccc(Br)c(N)c3)n2)C1. The normalized spacial score (nSPS) is 20.2. The van der Waals surface area contributed by atoms with Crippen LogP contribution in [0.4, 0.5) is 5.69 Å². The Hall–Kier alpha value is -1.44. The second-order valence-corrected chi connectivity index (χ2v) is 5.67. The van der Waals surface area contributed by atoms with Gasteiger partial charge < -0.3 is 19.9 Å². The Labute approximate surface area is 125 Å². The van der Waals surface area contributed by atoms with Crippen molar-refractivity contribution in [1.82, 2.24) is 15.0 Å². The lowest BCUT2D eigenvalue weighted by atomic mass is 10.2. The Morgan fingerprint density at radius 1 is 1.45 bits per heavy atom. The van der Waals surface area contributed by atoms with E-state index in [9.17, 15) is 0 Å². The number of benzene rings is 1. The largest absolute Gasteiger partial charge is 0.398 e. The Morgan fingerprint density at radius 2 is 2.30 bits per heavy atom. The summed E-state index contributed by atoms with van der Waals surface area (Å²) in [7, 11) is 2.05. The zero-order valence-electron chi connectivity index (χ0n) is 11.0. The summed E-state index contributed by atoms with van der Waals surface area (Å²) in [6, 6.07) is 5.54. The van der Waals surface area contributed by atoms with Gasteiger partial charge in [0.05, 0.1) is 6.61 Å². The van der Waals surface area contributed by atoms with E-state index in [2.05, 4.69) is 31.0 Å². The molecule has 106 valence electrons. The Bertz CT molecular complexity index is 616. The van der Waals surface area contributed by atoms with Gasteiger partial charge in [-0.15, -0.1) is 0 Å². The van der Waals surface area contributed by atoms with Crippen LogP contribution in [0.2, 0.25) is 0 Å². The van der Waals surface area contributed by atoms with Crippen molar-refractivity contribution in [2.24, 2.45) is 0 Å². The van der Waals surface area contributed by atoms with Gasteiger partial charge in [-0.3, -0.25) is 0 Å². The van der Waals surface area contributed by atoms with Crippen LogP contribution in [-0.2, 0) is 4.74 Å². The second kappa shape index (κ2) is 5.51. The maximum Gasteiger partial charge on any atom is 0.258 e. The number of hydrogen-bond donors (Lipinski definition) is 1. The van der Waals surface area contributed by atoms with Crippen molar-refractivity contribution >= 4 is 21.6 Å². The number of anilines is 1. The van der Waals surface area contributed by atoms with Gasteiger partial charge in [-0.2, -0.15) is 4.98 Å². The number of ether oxygens (including phenoxy) is 1. The molecule has 1 aliphatic heterocycles. The molecule has 1 atom stereocenters. The van der Waals surface area contributed by atoms with Crippen molar-refractivity contribution in [3.8, 4) is 11.5 Å². The zero-order valence-corrected chi connectivity index (χ0v) is 12.6. The monoisotopic (exact) mass is 338 g/mol. The van der Waals surface area contributed by atoms with Crippen LogP contribution < -0.4 is 5.73 Å². The van der Waals surface area contributed by atoms with Crippen LogP contribution in [0, 0.1) is 0 Å². The van der Waals surface area contributed by atoms with E-state index >= 15 is 0 Å². The highest BCUT2D eigenvalue weighted by Gasteiger charge is 2.24. The van der Waals surface area contributed by atoms with Gasteiger partial charge >= 0.3 is 0 Å². The van der Waals surface area contributed by atoms with Gasteiger partial charge in [0, 0.05) is 28.8 Å². The minimum atomic E-state index is -0.140. The van der Waals surface area contributed by atoms with Crippen LogP contribution >= 0.6 is 15.9 Å². The molecule has 6 nitrogen and oxygen atoms in total. The molecule has 1 aromatic carbocycles. The number of hydrogen-bond acceptors (Lipinski definition) is 6. The van der Waals surface area contributed by atoms with Crippen molar-refractivity contribution in [3.05, 3.63) is 28.5 Å². The molecule has 0 spiro atoms. The molecular weight excluding hydrogens is 324 g/mol. The lowest BCUT2D eigenvalue weighted by Gasteiger charge is -2.27. The maximum atomic E-state index is 5.86. The summed E-state index contributed by atoms with van der Waals surface area (Å²) >= 11 is 3.36. The molecule has 1 aromatic heterocycles. The molecule has 0 saturated carbocycles. The number of nitrogens with two attached hydrogens (primary N) is 1. The van der Waals surface area contributed by atoms with Crippen molar-refractivity contribution in [2.45, 2.75) is 6.10 Å². The lowest BCUT2D eigenvalue weighted by molar-refractivity contribution is -0.0264. The minimum Gasteiger partial charge on any atom is -0.398 e. The molecule has 7 heteroatoms. The summed E-state index contributed by atoms with van der Waals surface area (Å²) in [5.41, 5.74) is 7.29. The molecular formula is C13H15BrN4O2. The second-order valence-electron chi connectivity index (χ2n) is 4.82. The molecule has 0 bridgehead atoms. The van der Waals surface area contributed by atoms with Gasteiger partial charge in [0.1, 0.15) is 6.10 Å². The third kappa shape index (κ3) is 2.70. The molecule has 0 radical (unpaired) electrons. The van der Waals surface area contributed by atoms with Crippen molar-refractivity contribution in [2.75, 3.05) is 32.5 Å². The molecule has 0 aliphatic carbocycles. The maximum absolute atomic E-state index is 5.86. The van der Waals surface area contributed by atoms with Crippen LogP contribution in [0.1, 0.15) is 11.9 Å². The first-order chi connectivity index (χ1) is 9.63. The fraction of sp³-hybridized carbons (Fsp3) is 0.385. The molecule has 2 N–H and O–H groups in total. The number of morpholine rings is 1. The molecule has 20 heavy (non-hydrogen) atoms. The van der Waals surface area contributed by atoms with Crippen molar-refractivity contribution in [3.63, 3.8) is 0 Å². The smallest absolute Gasteiger partial charge is 0.258 e. The Kier molecular flexibility index (Phi) is 3.73. The van der Waals surface area contributed by atoms with Gasteiger partial charge in [0.25, 0.3) is 5.89 Å². The molecule has 1 unspecified atom stereocenters. The van der Waals surface area contributed by atoms with Crippen molar-refractivity contribution < 1.29 is 9.26 Å². The third-order valence-electron chi connectivity index (χ3n) is 3.24. The highest BCUT2D eigenvalue weighted by atomic mass is 79.9. The first-order valence-corrected chi connectivity index (χ1v) is 7.12. The molecule has 1 fully saturated rings. The summed E-state index contributed by atoms with van der Waals surface area (Å²) in [6.07, 6.45) is -0.140. The van der Waals surface area contributed by atoms with E-state index in [1.165, 1.54) is 0 Å². The predicted octanol–water partition coefficient (Wildman–Crippen LogP) is 2.08. The van der Waals surface area contributed by atoms with Gasteiger partial charge in [-0.05, 0) is 41.2 Å². The van der Waals surface area contributed by atoms with Gasteiger partial charge in [0.15, 0.2) is 0 Å². The number of rotatable bonds is 2. The third-order valence-corrected chi connectivity index (χ3v) is 3.96. The molecule has 2 aromatic rings. The van der Waals surface area contributed by atoms with E-state index in [0.29, 0.717) is 24.0 Å². The quantitative estimate of drug-likeness (QED) is 0.844. The highest BCUT2D eigenvalue weighted by Crippen LogP contribution is 2.27.